The summed E-state index contributed by atoms with van der Waals surface area (Å²) in [6, 6.07) is 11.3. The molecule has 1 nitrogen and oxygen atoms in total. The molecule has 0 unspecified atom stereocenters. The van der Waals surface area contributed by atoms with Gasteiger partial charge in [-0.1, -0.05) is 46.9 Å². The maximum absolute atomic E-state index is 6.12. The summed E-state index contributed by atoms with van der Waals surface area (Å²) in [5, 5.41) is 5.37. The van der Waals surface area contributed by atoms with Crippen LogP contribution < -0.4 is 5.32 Å². The molecule has 0 saturated heterocycles. The lowest BCUT2D eigenvalue weighted by atomic mass is 10.1. The van der Waals surface area contributed by atoms with Crippen molar-refractivity contribution in [2.75, 3.05) is 5.32 Å². The molecule has 0 heterocycles. The predicted octanol–water partition coefficient (Wildman–Crippen LogP) is 5.57. The van der Waals surface area contributed by atoms with Crippen LogP contribution in [-0.4, -0.2) is 0 Å². The van der Waals surface area contributed by atoms with Crippen LogP contribution in [0.25, 0.3) is 0 Å². The number of anilines is 1. The molecule has 1 N–H and O–H groups in total. The minimum absolute atomic E-state index is 0.636. The molecule has 94 valence electrons. The van der Waals surface area contributed by atoms with Gasteiger partial charge in [-0.2, -0.15) is 0 Å². The normalized spacial score (nSPS) is 10.4. The molecule has 0 amide bonds. The first-order valence-corrected chi connectivity index (χ1v) is 6.64. The summed E-state index contributed by atoms with van der Waals surface area (Å²) in [5.74, 6) is 0. The Morgan fingerprint density at radius 3 is 2.50 bits per heavy atom. The predicted molar refractivity (Wildman–Crippen MR) is 80.0 cm³/mol. The smallest absolute Gasteiger partial charge is 0.0470 e. The Labute approximate surface area is 122 Å². The second-order valence-corrected chi connectivity index (χ2v) is 5.25. The highest BCUT2D eigenvalue weighted by Gasteiger charge is 2.04. The Balaban J connectivity index is 2.14. The van der Waals surface area contributed by atoms with Crippen LogP contribution in [0.3, 0.4) is 0 Å². The maximum Gasteiger partial charge on any atom is 0.0470 e. The molecule has 0 aliphatic carbocycles. The quantitative estimate of drug-likeness (QED) is 0.781. The second kappa shape index (κ2) is 5.83. The summed E-state index contributed by atoms with van der Waals surface area (Å²) in [5.41, 5.74) is 3.04. The molecule has 0 saturated carbocycles. The van der Waals surface area contributed by atoms with Crippen LogP contribution in [0.4, 0.5) is 5.69 Å². The van der Waals surface area contributed by atoms with Gasteiger partial charge in [0.2, 0.25) is 0 Å². The summed E-state index contributed by atoms with van der Waals surface area (Å²) in [6.07, 6.45) is 0. The molecule has 0 spiro atoms. The topological polar surface area (TPSA) is 12.0 Å². The van der Waals surface area contributed by atoms with E-state index in [0.29, 0.717) is 16.6 Å². The van der Waals surface area contributed by atoms with Gasteiger partial charge in [-0.25, -0.2) is 0 Å². The number of hydrogen-bond donors (Lipinski definition) is 1. The van der Waals surface area contributed by atoms with E-state index in [-0.39, 0.29) is 0 Å². The highest BCUT2D eigenvalue weighted by atomic mass is 35.5. The van der Waals surface area contributed by atoms with E-state index >= 15 is 0 Å². The number of nitrogens with one attached hydrogen (secondary N) is 1. The summed E-state index contributed by atoms with van der Waals surface area (Å²) in [6.45, 7) is 2.62. The molecule has 0 atom stereocenters. The van der Waals surface area contributed by atoms with Crippen molar-refractivity contribution in [2.45, 2.75) is 13.5 Å². The van der Waals surface area contributed by atoms with Gasteiger partial charge < -0.3 is 5.32 Å². The standard InChI is InChI=1S/C14H12Cl3N/c1-9-12(16)3-2-4-14(9)18-8-10-5-6-11(15)7-13(10)17/h2-7,18H,8H2,1H3. The van der Waals surface area contributed by atoms with Gasteiger partial charge in [-0.05, 0) is 42.3 Å². The molecule has 2 aromatic rings. The molecule has 4 heteroatoms. The summed E-state index contributed by atoms with van der Waals surface area (Å²) in [4.78, 5) is 0. The lowest BCUT2D eigenvalue weighted by Gasteiger charge is -2.11. The average Bonchev–Trinajstić information content (AvgIpc) is 2.33. The largest absolute Gasteiger partial charge is 0.381 e. The molecule has 0 bridgehead atoms. The van der Waals surface area contributed by atoms with Gasteiger partial charge in [0, 0.05) is 27.3 Å². The second-order valence-electron chi connectivity index (χ2n) is 4.00. The van der Waals surface area contributed by atoms with Crippen molar-refractivity contribution in [3.63, 3.8) is 0 Å². The minimum Gasteiger partial charge on any atom is -0.381 e. The summed E-state index contributed by atoms with van der Waals surface area (Å²) >= 11 is 18.0. The van der Waals surface area contributed by atoms with Crippen molar-refractivity contribution >= 4 is 40.5 Å². The van der Waals surface area contributed by atoms with Gasteiger partial charge >= 0.3 is 0 Å². The van der Waals surface area contributed by atoms with Crippen LogP contribution >= 0.6 is 34.8 Å². The van der Waals surface area contributed by atoms with Crippen LogP contribution in [0.15, 0.2) is 36.4 Å². The lowest BCUT2D eigenvalue weighted by molar-refractivity contribution is 1.14. The summed E-state index contributed by atoms with van der Waals surface area (Å²) in [7, 11) is 0. The van der Waals surface area contributed by atoms with E-state index in [1.165, 1.54) is 0 Å². The Kier molecular flexibility index (Phi) is 4.39. The van der Waals surface area contributed by atoms with Crippen molar-refractivity contribution in [1.29, 1.82) is 0 Å². The van der Waals surface area contributed by atoms with Crippen molar-refractivity contribution in [3.05, 3.63) is 62.6 Å². The van der Waals surface area contributed by atoms with E-state index < -0.39 is 0 Å². The molecule has 0 aromatic heterocycles. The fraction of sp³-hybridized carbons (Fsp3) is 0.143. The van der Waals surface area contributed by atoms with Crippen molar-refractivity contribution < 1.29 is 0 Å². The zero-order valence-corrected chi connectivity index (χ0v) is 12.1. The number of halogens is 3. The fourth-order valence-corrected chi connectivity index (χ4v) is 2.30. The highest BCUT2D eigenvalue weighted by Crippen LogP contribution is 2.25. The van der Waals surface area contributed by atoms with Gasteiger partial charge in [-0.3, -0.25) is 0 Å². The van der Waals surface area contributed by atoms with Crippen LogP contribution in [0.1, 0.15) is 11.1 Å². The van der Waals surface area contributed by atoms with Gasteiger partial charge in [0.05, 0.1) is 0 Å². The Hall–Kier alpha value is -0.890. The first-order valence-electron chi connectivity index (χ1n) is 5.51. The molecule has 0 radical (unpaired) electrons. The first kappa shape index (κ1) is 13.5. The highest BCUT2D eigenvalue weighted by molar-refractivity contribution is 6.35. The Morgan fingerprint density at radius 2 is 1.78 bits per heavy atom. The van der Waals surface area contributed by atoms with Crippen molar-refractivity contribution in [2.24, 2.45) is 0 Å². The van der Waals surface area contributed by atoms with Crippen LogP contribution in [0.5, 0.6) is 0 Å². The number of rotatable bonds is 3. The minimum atomic E-state index is 0.636. The van der Waals surface area contributed by atoms with E-state index in [1.54, 1.807) is 6.07 Å². The monoisotopic (exact) mass is 299 g/mol. The Bertz CT molecular complexity index is 567. The molecule has 18 heavy (non-hydrogen) atoms. The molecule has 0 aliphatic heterocycles. The first-order chi connectivity index (χ1) is 8.58. The third-order valence-electron chi connectivity index (χ3n) is 2.75. The average molecular weight is 301 g/mol. The lowest BCUT2D eigenvalue weighted by Crippen LogP contribution is -2.01. The van der Waals surface area contributed by atoms with Gasteiger partial charge in [-0.15, -0.1) is 0 Å². The van der Waals surface area contributed by atoms with Crippen LogP contribution in [-0.2, 0) is 6.54 Å². The zero-order valence-electron chi connectivity index (χ0n) is 9.81. The molecule has 0 fully saturated rings. The molecule has 2 rings (SSSR count). The molecule has 0 aliphatic rings. The number of hydrogen-bond acceptors (Lipinski definition) is 1. The van der Waals surface area contributed by atoms with Gasteiger partial charge in [0.15, 0.2) is 0 Å². The van der Waals surface area contributed by atoms with E-state index in [2.05, 4.69) is 5.32 Å². The van der Waals surface area contributed by atoms with Crippen molar-refractivity contribution in [3.8, 4) is 0 Å². The zero-order chi connectivity index (χ0) is 13.1. The van der Waals surface area contributed by atoms with E-state index in [1.807, 2.05) is 37.3 Å². The van der Waals surface area contributed by atoms with Gasteiger partial charge in [0.1, 0.15) is 0 Å². The molecule has 2 aromatic carbocycles. The summed E-state index contributed by atoms with van der Waals surface area (Å²) < 4.78 is 0. The molecular weight excluding hydrogens is 289 g/mol. The van der Waals surface area contributed by atoms with Crippen LogP contribution in [0, 0.1) is 6.92 Å². The number of benzene rings is 2. The van der Waals surface area contributed by atoms with E-state index in [9.17, 15) is 0 Å². The fourth-order valence-electron chi connectivity index (χ4n) is 1.65. The molecular formula is C14H12Cl3N. The van der Waals surface area contributed by atoms with Crippen LogP contribution in [0.2, 0.25) is 15.1 Å². The van der Waals surface area contributed by atoms with Gasteiger partial charge in [0.25, 0.3) is 0 Å². The van der Waals surface area contributed by atoms with Crippen molar-refractivity contribution in [1.82, 2.24) is 0 Å². The maximum atomic E-state index is 6.12. The van der Waals surface area contributed by atoms with E-state index in [4.69, 9.17) is 34.8 Å². The van der Waals surface area contributed by atoms with E-state index in [0.717, 1.165) is 21.8 Å². The third kappa shape index (κ3) is 3.11. The third-order valence-corrected chi connectivity index (χ3v) is 3.75. The Morgan fingerprint density at radius 1 is 1.00 bits per heavy atom. The SMILES string of the molecule is Cc1c(Cl)cccc1NCc1ccc(Cl)cc1Cl.